The van der Waals surface area contributed by atoms with Crippen LogP contribution in [0.3, 0.4) is 0 Å². The molecule has 7 rings (SSSR count). The maximum atomic E-state index is 14.5. The number of benzene rings is 4. The fraction of sp³-hybridized carbons (Fsp3) is 0.418. The van der Waals surface area contributed by atoms with E-state index < -0.39 is 70.7 Å². The Hall–Kier alpha value is -6.44. The van der Waals surface area contributed by atoms with Crippen molar-refractivity contribution in [2.24, 2.45) is 5.41 Å². The molecule has 5 amide bonds. The molecular weight excluding hydrogens is 1020 g/mol. The third kappa shape index (κ3) is 14.1. The summed E-state index contributed by atoms with van der Waals surface area (Å²) in [7, 11) is 0. The number of nitrogens with one attached hydrogen (secondary N) is 5. The smallest absolute Gasteiger partial charge is 0.391 e. The van der Waals surface area contributed by atoms with E-state index in [-0.39, 0.29) is 82.4 Å². The number of anilines is 2. The molecule has 2 aliphatic heterocycles. The standard InChI is InChI=1S/C55H61ClF5N7O6S/c1-30(32-14-16-33(17-15-32)48-31(2)63-29-75-48)64-52(73)44-27-39(69)28-68(44)53(74)49(54(3,4)5)66-45(70)13-11-9-7-6-8-10-12-20-62-50(71)34-21-41-46(47(67-51(41)72)40-26-36(57)18-19-42(40)56)43(22-34)65-38-24-35(55(59,60)61)23-37(58)25-38/h14-19,21-26,29-30,39,44,47,49,65,69H,6-13,20,27-28H2,1-5H3,(H,62,71)(H,64,73)(H,66,70)(H,67,72)/t30-,39+,44-,47+,49+/m0/s1. The molecule has 5 atom stereocenters. The van der Waals surface area contributed by atoms with Gasteiger partial charge < -0.3 is 36.6 Å². The Balaban J connectivity index is 0.861. The topological polar surface area (TPSA) is 182 Å². The highest BCUT2D eigenvalue weighted by molar-refractivity contribution is 7.13. The molecule has 400 valence electrons. The molecule has 1 saturated heterocycles. The van der Waals surface area contributed by atoms with Crippen LogP contribution in [0.25, 0.3) is 10.4 Å². The summed E-state index contributed by atoms with van der Waals surface area (Å²) >= 11 is 7.95. The van der Waals surface area contributed by atoms with E-state index in [1.165, 1.54) is 23.1 Å². The number of aliphatic hydroxyl groups is 1. The molecule has 4 aromatic carbocycles. The molecule has 5 aromatic rings. The van der Waals surface area contributed by atoms with Crippen molar-refractivity contribution < 1.29 is 51.0 Å². The second kappa shape index (κ2) is 24.0. The summed E-state index contributed by atoms with van der Waals surface area (Å²) in [6.07, 6.45) is -0.277. The van der Waals surface area contributed by atoms with Gasteiger partial charge in [0.1, 0.15) is 23.7 Å². The monoisotopic (exact) mass is 1080 g/mol. The number of hydrogen-bond donors (Lipinski definition) is 6. The molecule has 13 nitrogen and oxygen atoms in total. The maximum absolute atomic E-state index is 14.5. The van der Waals surface area contributed by atoms with E-state index >= 15 is 0 Å². The van der Waals surface area contributed by atoms with E-state index in [1.54, 1.807) is 16.8 Å². The Morgan fingerprint density at radius 3 is 2.25 bits per heavy atom. The van der Waals surface area contributed by atoms with Gasteiger partial charge in [0.25, 0.3) is 11.8 Å². The maximum Gasteiger partial charge on any atom is 0.416 e. The van der Waals surface area contributed by atoms with Gasteiger partial charge in [-0.3, -0.25) is 24.0 Å². The average molecular weight is 1080 g/mol. The first-order valence-corrected chi connectivity index (χ1v) is 26.2. The number of unbranched alkanes of at least 4 members (excludes halogenated alkanes) is 6. The SMILES string of the molecule is Cc1ncsc1-c1ccc([C@H](C)NC(=O)[C@@H]2C[C@@H](O)CN2C(=O)[C@@H](NC(=O)CCCCCCCCCNC(=O)c2cc(Nc3cc(F)cc(C(F)(F)F)c3)c3c(c2)C(=O)N[C@@H]3c2cc(F)ccc2Cl)C(C)(C)C)cc1. The number of alkyl halides is 3. The number of fused-ring (bicyclic) bond motifs is 1. The lowest BCUT2D eigenvalue weighted by Gasteiger charge is -2.35. The minimum atomic E-state index is -4.87. The number of nitrogens with zero attached hydrogens (tertiary/aromatic N) is 2. The van der Waals surface area contributed by atoms with Crippen LogP contribution < -0.4 is 26.6 Å². The lowest BCUT2D eigenvalue weighted by atomic mass is 9.85. The molecule has 3 heterocycles. The van der Waals surface area contributed by atoms with Gasteiger partial charge in [-0.1, -0.05) is 88.7 Å². The third-order valence-electron chi connectivity index (χ3n) is 13.5. The van der Waals surface area contributed by atoms with Crippen molar-refractivity contribution in [3.63, 3.8) is 0 Å². The van der Waals surface area contributed by atoms with Gasteiger partial charge >= 0.3 is 6.18 Å². The minimum Gasteiger partial charge on any atom is -0.391 e. The van der Waals surface area contributed by atoms with Crippen molar-refractivity contribution in [3.8, 4) is 10.4 Å². The van der Waals surface area contributed by atoms with Crippen molar-refractivity contribution in [1.29, 1.82) is 0 Å². The molecule has 1 fully saturated rings. The summed E-state index contributed by atoms with van der Waals surface area (Å²) in [4.78, 5) is 74.6. The van der Waals surface area contributed by atoms with Crippen molar-refractivity contribution in [2.45, 2.75) is 129 Å². The molecular formula is C55H61ClF5N7O6S. The molecule has 2 aliphatic rings. The molecule has 75 heavy (non-hydrogen) atoms. The highest BCUT2D eigenvalue weighted by atomic mass is 35.5. The van der Waals surface area contributed by atoms with Gasteiger partial charge in [0.05, 0.1) is 39.8 Å². The van der Waals surface area contributed by atoms with Gasteiger partial charge in [0.15, 0.2) is 0 Å². The summed E-state index contributed by atoms with van der Waals surface area (Å²) in [6, 6.07) is 12.6. The number of amides is 5. The third-order valence-corrected chi connectivity index (χ3v) is 14.8. The van der Waals surface area contributed by atoms with Crippen molar-refractivity contribution in [3.05, 3.63) is 134 Å². The molecule has 0 bridgehead atoms. The van der Waals surface area contributed by atoms with E-state index in [9.17, 15) is 51.0 Å². The van der Waals surface area contributed by atoms with Gasteiger partial charge in [0, 0.05) is 64.6 Å². The van der Waals surface area contributed by atoms with Crippen LogP contribution in [0.5, 0.6) is 0 Å². The van der Waals surface area contributed by atoms with Crippen LogP contribution in [-0.2, 0) is 20.6 Å². The molecule has 20 heteroatoms. The largest absolute Gasteiger partial charge is 0.416 e. The molecule has 0 spiro atoms. The molecule has 0 unspecified atom stereocenters. The van der Waals surface area contributed by atoms with Crippen molar-refractivity contribution in [1.82, 2.24) is 31.2 Å². The number of β-amino-alcohol motifs (C(OH)–C–C–N with tert-alkyl or cyclic N) is 1. The summed E-state index contributed by atoms with van der Waals surface area (Å²) in [5, 5.41) is 25.0. The number of carbonyl (C=O) groups is 5. The molecule has 0 radical (unpaired) electrons. The van der Waals surface area contributed by atoms with Crippen LogP contribution >= 0.6 is 22.9 Å². The highest BCUT2D eigenvalue weighted by Crippen LogP contribution is 2.42. The number of rotatable bonds is 20. The number of aromatic nitrogens is 1. The number of thiazole rings is 1. The Morgan fingerprint density at radius 1 is 0.893 bits per heavy atom. The molecule has 0 aliphatic carbocycles. The highest BCUT2D eigenvalue weighted by Gasteiger charge is 2.45. The zero-order valence-corrected chi connectivity index (χ0v) is 43.8. The van der Waals surface area contributed by atoms with Crippen LogP contribution in [0, 0.1) is 24.0 Å². The lowest BCUT2D eigenvalue weighted by molar-refractivity contribution is -0.144. The molecule has 0 saturated carbocycles. The summed E-state index contributed by atoms with van der Waals surface area (Å²) < 4.78 is 69.8. The first-order valence-electron chi connectivity index (χ1n) is 24.9. The second-order valence-corrected chi connectivity index (χ2v) is 21.5. The van der Waals surface area contributed by atoms with Gasteiger partial charge in [-0.25, -0.2) is 13.8 Å². The Labute approximate surface area is 441 Å². The minimum absolute atomic E-state index is 0.000250. The van der Waals surface area contributed by atoms with E-state index in [2.05, 4.69) is 31.6 Å². The number of aliphatic hydroxyl groups excluding tert-OH is 1. The van der Waals surface area contributed by atoms with Gasteiger partial charge in [-0.15, -0.1) is 11.3 Å². The van der Waals surface area contributed by atoms with Crippen molar-refractivity contribution in [2.75, 3.05) is 18.4 Å². The van der Waals surface area contributed by atoms with Gasteiger partial charge in [-0.05, 0) is 91.8 Å². The number of carbonyl (C=O) groups excluding carboxylic acids is 5. The lowest BCUT2D eigenvalue weighted by Crippen LogP contribution is -2.57. The zero-order chi connectivity index (χ0) is 54.4. The second-order valence-electron chi connectivity index (χ2n) is 20.3. The molecule has 1 aromatic heterocycles. The normalized spacial score (nSPS) is 17.3. The zero-order valence-electron chi connectivity index (χ0n) is 42.2. The number of hydrogen-bond acceptors (Lipinski definition) is 9. The number of likely N-dealkylation sites (tertiary alicyclic amines) is 1. The van der Waals surface area contributed by atoms with E-state index in [0.717, 1.165) is 72.0 Å². The van der Waals surface area contributed by atoms with Crippen LogP contribution in [0.4, 0.5) is 33.3 Å². The Morgan fingerprint density at radius 2 is 1.59 bits per heavy atom. The number of halogens is 6. The Kier molecular flexibility index (Phi) is 18.0. The summed E-state index contributed by atoms with van der Waals surface area (Å²) in [6.45, 7) is 9.55. The first kappa shape index (κ1) is 56.3. The van der Waals surface area contributed by atoms with Crippen LogP contribution in [0.15, 0.2) is 78.3 Å². The van der Waals surface area contributed by atoms with E-state index in [4.69, 9.17) is 11.6 Å². The van der Waals surface area contributed by atoms with Crippen molar-refractivity contribution >= 4 is 63.8 Å². The van der Waals surface area contributed by atoms with Crippen LogP contribution in [0.1, 0.15) is 146 Å². The quantitative estimate of drug-likeness (QED) is 0.0329. The fourth-order valence-corrected chi connectivity index (χ4v) is 10.5. The number of aryl methyl sites for hydroxylation is 1. The first-order chi connectivity index (χ1) is 35.5. The predicted octanol–water partition coefficient (Wildman–Crippen LogP) is 10.9. The fourth-order valence-electron chi connectivity index (χ4n) is 9.46. The van der Waals surface area contributed by atoms with Gasteiger partial charge in [0.2, 0.25) is 17.7 Å². The van der Waals surface area contributed by atoms with E-state index in [1.807, 2.05) is 58.9 Å². The van der Waals surface area contributed by atoms with Gasteiger partial charge in [-0.2, -0.15) is 13.2 Å². The van der Waals surface area contributed by atoms with E-state index in [0.29, 0.717) is 25.0 Å². The summed E-state index contributed by atoms with van der Waals surface area (Å²) in [5.74, 6) is -4.16. The average Bonchev–Trinajstić information content (AvgIpc) is 4.06. The van der Waals surface area contributed by atoms with Crippen LogP contribution in [0.2, 0.25) is 5.02 Å². The predicted molar refractivity (Wildman–Crippen MR) is 277 cm³/mol. The Bertz CT molecular complexity index is 2910. The van der Waals surface area contributed by atoms with Crippen LogP contribution in [-0.4, -0.2) is 75.8 Å². The summed E-state index contributed by atoms with van der Waals surface area (Å²) in [5.41, 5.74) is 2.71. The molecule has 6 N–H and O–H groups in total.